The van der Waals surface area contributed by atoms with Gasteiger partial charge in [-0.1, -0.05) is 18.9 Å². The number of aromatic amines is 1. The zero-order chi connectivity index (χ0) is 26.1. The van der Waals surface area contributed by atoms with Gasteiger partial charge in [-0.15, -0.1) is 5.10 Å². The number of hydrogen-bond acceptors (Lipinski definition) is 9. The molecule has 1 aliphatic heterocycles. The van der Waals surface area contributed by atoms with Crippen molar-refractivity contribution in [2.45, 2.75) is 51.4 Å². The minimum Gasteiger partial charge on any atom is -0.493 e. The summed E-state index contributed by atoms with van der Waals surface area (Å²) < 4.78 is 23.9. The molecule has 0 saturated heterocycles. The highest BCUT2D eigenvalue weighted by atomic mass is 16.7. The SMILES string of the molecule is COc1cc2cc(CN(Cc3ccc4c(c3)OCO4)Cc3nnnn3C3CCCC3)c(=O)[nH]c2cc1OC. The first-order valence-corrected chi connectivity index (χ1v) is 12.8. The van der Waals surface area contributed by atoms with E-state index in [0.29, 0.717) is 48.3 Å². The fourth-order valence-corrected chi connectivity index (χ4v) is 5.35. The van der Waals surface area contributed by atoms with Crippen LogP contribution in [0.3, 0.4) is 0 Å². The Morgan fingerprint density at radius 2 is 1.79 bits per heavy atom. The molecule has 2 aliphatic rings. The Morgan fingerprint density at radius 1 is 1.00 bits per heavy atom. The smallest absolute Gasteiger partial charge is 0.252 e. The molecule has 0 atom stereocenters. The van der Waals surface area contributed by atoms with Gasteiger partial charge in [-0.3, -0.25) is 9.69 Å². The highest BCUT2D eigenvalue weighted by molar-refractivity contribution is 5.83. The second-order valence-electron chi connectivity index (χ2n) is 9.73. The maximum absolute atomic E-state index is 13.2. The van der Waals surface area contributed by atoms with Crippen LogP contribution in [0.25, 0.3) is 10.9 Å². The first-order chi connectivity index (χ1) is 18.6. The van der Waals surface area contributed by atoms with Crippen molar-refractivity contribution in [1.29, 1.82) is 0 Å². The van der Waals surface area contributed by atoms with E-state index in [-0.39, 0.29) is 12.4 Å². The molecule has 0 spiro atoms. The third-order valence-electron chi connectivity index (χ3n) is 7.26. The van der Waals surface area contributed by atoms with E-state index < -0.39 is 0 Å². The van der Waals surface area contributed by atoms with E-state index in [1.54, 1.807) is 20.3 Å². The van der Waals surface area contributed by atoms with Crippen LogP contribution in [0.15, 0.2) is 41.2 Å². The van der Waals surface area contributed by atoms with E-state index >= 15 is 0 Å². The maximum atomic E-state index is 13.2. The number of H-pyrrole nitrogens is 1. The summed E-state index contributed by atoms with van der Waals surface area (Å²) in [6.45, 7) is 1.67. The molecule has 11 nitrogen and oxygen atoms in total. The first-order valence-electron chi connectivity index (χ1n) is 12.8. The standard InChI is InChI=1S/C27H30N6O5/c1-35-23-11-18-10-19(27(34)28-21(18)12-24(23)36-2)14-32(13-17-7-8-22-25(9-17)38-16-37-22)15-26-29-30-31-33(26)20-5-3-4-6-20/h7-12,20H,3-6,13-16H2,1-2H3,(H,28,34). The maximum Gasteiger partial charge on any atom is 0.252 e. The zero-order valence-electron chi connectivity index (χ0n) is 21.5. The summed E-state index contributed by atoms with van der Waals surface area (Å²) in [6, 6.07) is 11.8. The lowest BCUT2D eigenvalue weighted by atomic mass is 10.1. The lowest BCUT2D eigenvalue weighted by Gasteiger charge is -2.23. The lowest BCUT2D eigenvalue weighted by molar-refractivity contribution is 0.174. The quantitative estimate of drug-likeness (QED) is 0.355. The number of nitrogens with zero attached hydrogens (tertiary/aromatic N) is 5. The second kappa shape index (κ2) is 10.3. The molecule has 11 heteroatoms. The molecule has 2 aromatic carbocycles. The molecule has 1 N–H and O–H groups in total. The molecule has 1 fully saturated rings. The number of pyridine rings is 1. The van der Waals surface area contributed by atoms with Gasteiger partial charge in [-0.05, 0) is 53.1 Å². The molecule has 0 amide bonds. The van der Waals surface area contributed by atoms with E-state index in [2.05, 4.69) is 25.4 Å². The number of aromatic nitrogens is 5. The van der Waals surface area contributed by atoms with Crippen molar-refractivity contribution in [3.63, 3.8) is 0 Å². The van der Waals surface area contributed by atoms with Gasteiger partial charge in [0.2, 0.25) is 6.79 Å². The molecular formula is C27H30N6O5. The average Bonchev–Trinajstić information content (AvgIpc) is 3.70. The Morgan fingerprint density at radius 3 is 2.61 bits per heavy atom. The average molecular weight is 519 g/mol. The fourth-order valence-electron chi connectivity index (χ4n) is 5.35. The summed E-state index contributed by atoms with van der Waals surface area (Å²) in [6.07, 6.45) is 4.53. The van der Waals surface area contributed by atoms with Gasteiger partial charge in [0, 0.05) is 30.1 Å². The fraction of sp³-hybridized carbons (Fsp3) is 0.407. The number of tetrazole rings is 1. The minimum atomic E-state index is -0.157. The third kappa shape index (κ3) is 4.76. The van der Waals surface area contributed by atoms with Crippen molar-refractivity contribution in [3.05, 3.63) is 63.7 Å². The van der Waals surface area contributed by atoms with Crippen LogP contribution in [0, 0.1) is 0 Å². The largest absolute Gasteiger partial charge is 0.493 e. The van der Waals surface area contributed by atoms with Crippen LogP contribution in [-0.4, -0.2) is 51.1 Å². The number of nitrogens with one attached hydrogen (secondary N) is 1. The molecule has 0 radical (unpaired) electrons. The molecule has 2 aromatic heterocycles. The van der Waals surface area contributed by atoms with Gasteiger partial charge in [-0.25, -0.2) is 4.68 Å². The van der Waals surface area contributed by atoms with Gasteiger partial charge in [-0.2, -0.15) is 0 Å². The third-order valence-corrected chi connectivity index (χ3v) is 7.26. The molecule has 0 bridgehead atoms. The molecule has 38 heavy (non-hydrogen) atoms. The number of rotatable bonds is 9. The van der Waals surface area contributed by atoms with Crippen LogP contribution in [0.1, 0.15) is 48.7 Å². The van der Waals surface area contributed by atoms with Gasteiger partial charge in [0.05, 0.1) is 32.3 Å². The normalized spacial score (nSPS) is 15.0. The molecule has 4 aromatic rings. The highest BCUT2D eigenvalue weighted by Gasteiger charge is 2.24. The number of hydrogen-bond donors (Lipinski definition) is 1. The van der Waals surface area contributed by atoms with Gasteiger partial charge in [0.15, 0.2) is 28.8 Å². The van der Waals surface area contributed by atoms with Crippen molar-refractivity contribution in [2.75, 3.05) is 21.0 Å². The molecular weight excluding hydrogens is 488 g/mol. The van der Waals surface area contributed by atoms with Crippen LogP contribution in [0.2, 0.25) is 0 Å². The Balaban J connectivity index is 1.33. The monoisotopic (exact) mass is 518 g/mol. The van der Waals surface area contributed by atoms with Crippen molar-refractivity contribution >= 4 is 10.9 Å². The molecule has 3 heterocycles. The molecule has 198 valence electrons. The summed E-state index contributed by atoms with van der Waals surface area (Å²) in [5.41, 5.74) is 2.20. The van der Waals surface area contributed by atoms with E-state index in [1.165, 1.54) is 12.8 Å². The van der Waals surface area contributed by atoms with E-state index in [4.69, 9.17) is 18.9 Å². The second-order valence-corrected chi connectivity index (χ2v) is 9.73. The van der Waals surface area contributed by atoms with Gasteiger partial charge in [0.25, 0.3) is 5.56 Å². The predicted octanol–water partition coefficient (Wildman–Crippen LogP) is 3.58. The summed E-state index contributed by atoms with van der Waals surface area (Å²) in [4.78, 5) is 18.3. The van der Waals surface area contributed by atoms with Crippen LogP contribution in [-0.2, 0) is 19.6 Å². The Labute approximate surface area is 219 Å². The van der Waals surface area contributed by atoms with Crippen LogP contribution in [0.5, 0.6) is 23.0 Å². The van der Waals surface area contributed by atoms with Gasteiger partial charge in [0.1, 0.15) is 0 Å². The Hall–Kier alpha value is -4.12. The van der Waals surface area contributed by atoms with Crippen molar-refractivity contribution in [1.82, 2.24) is 30.1 Å². The Bertz CT molecular complexity index is 1510. The van der Waals surface area contributed by atoms with Gasteiger partial charge < -0.3 is 23.9 Å². The van der Waals surface area contributed by atoms with Crippen molar-refractivity contribution in [3.8, 4) is 23.0 Å². The van der Waals surface area contributed by atoms with Gasteiger partial charge >= 0.3 is 0 Å². The number of benzene rings is 2. The zero-order valence-corrected chi connectivity index (χ0v) is 21.5. The number of fused-ring (bicyclic) bond motifs is 2. The van der Waals surface area contributed by atoms with Crippen molar-refractivity contribution < 1.29 is 18.9 Å². The Kier molecular flexibility index (Phi) is 6.59. The summed E-state index contributed by atoms with van der Waals surface area (Å²) in [5, 5.41) is 13.5. The minimum absolute atomic E-state index is 0.157. The van der Waals surface area contributed by atoms with Crippen LogP contribution < -0.4 is 24.5 Å². The summed E-state index contributed by atoms with van der Waals surface area (Å²) >= 11 is 0. The predicted molar refractivity (Wildman–Crippen MR) is 139 cm³/mol. The molecule has 0 unspecified atom stereocenters. The summed E-state index contributed by atoms with van der Waals surface area (Å²) in [5.74, 6) is 3.42. The van der Waals surface area contributed by atoms with Crippen LogP contribution >= 0.6 is 0 Å². The molecule has 1 saturated carbocycles. The van der Waals surface area contributed by atoms with E-state index in [9.17, 15) is 4.79 Å². The first kappa shape index (κ1) is 24.2. The van der Waals surface area contributed by atoms with Crippen molar-refractivity contribution in [2.24, 2.45) is 0 Å². The molecule has 6 rings (SSSR count). The number of ether oxygens (including phenoxy) is 4. The van der Waals surface area contributed by atoms with E-state index in [1.807, 2.05) is 35.0 Å². The number of methoxy groups -OCH3 is 2. The lowest BCUT2D eigenvalue weighted by Crippen LogP contribution is -2.28. The van der Waals surface area contributed by atoms with E-state index in [0.717, 1.165) is 41.1 Å². The topological polar surface area (TPSA) is 117 Å². The summed E-state index contributed by atoms with van der Waals surface area (Å²) in [7, 11) is 3.17. The van der Waals surface area contributed by atoms with Crippen LogP contribution in [0.4, 0.5) is 0 Å². The molecule has 1 aliphatic carbocycles. The highest BCUT2D eigenvalue weighted by Crippen LogP contribution is 2.34.